The molecule has 5 nitrogen and oxygen atoms in total. The minimum absolute atomic E-state index is 0.0344. The summed E-state index contributed by atoms with van der Waals surface area (Å²) in [4.78, 5) is 27.2. The highest BCUT2D eigenvalue weighted by molar-refractivity contribution is 9.10. The Labute approximate surface area is 174 Å². The maximum Gasteiger partial charge on any atom is 0.259 e. The van der Waals surface area contributed by atoms with Gasteiger partial charge in [-0.2, -0.15) is 0 Å². The molecule has 6 heteroatoms. The zero-order chi connectivity index (χ0) is 20.1. The van der Waals surface area contributed by atoms with Gasteiger partial charge >= 0.3 is 0 Å². The molecule has 1 aliphatic heterocycles. The minimum Gasteiger partial charge on any atom is -0.490 e. The molecule has 2 aromatic carbocycles. The molecule has 28 heavy (non-hydrogen) atoms. The van der Waals surface area contributed by atoms with Crippen molar-refractivity contribution >= 4 is 33.4 Å². The number of benzene rings is 2. The molecule has 0 saturated carbocycles. The van der Waals surface area contributed by atoms with E-state index in [-0.39, 0.29) is 17.9 Å². The van der Waals surface area contributed by atoms with E-state index in [2.05, 4.69) is 21.2 Å². The fourth-order valence-corrected chi connectivity index (χ4v) is 3.57. The van der Waals surface area contributed by atoms with E-state index in [0.29, 0.717) is 22.6 Å². The molecule has 0 atom stereocenters. The predicted octanol–water partition coefficient (Wildman–Crippen LogP) is 5.11. The standard InChI is InChI=1S/C22H25BrN2O3/c1-15(2)28-20-11-8-17(23)14-19(20)21(26)24-18-9-6-16(7-10-18)22(27)25-12-4-3-5-13-25/h6-11,14-15H,3-5,12-13H2,1-2H3,(H,24,26). The number of amides is 2. The third-order valence-corrected chi connectivity index (χ3v) is 5.08. The zero-order valence-corrected chi connectivity index (χ0v) is 17.8. The first-order valence-electron chi connectivity index (χ1n) is 9.61. The predicted molar refractivity (Wildman–Crippen MR) is 114 cm³/mol. The van der Waals surface area contributed by atoms with Gasteiger partial charge in [0.1, 0.15) is 5.75 Å². The molecule has 0 aromatic heterocycles. The van der Waals surface area contributed by atoms with Crippen molar-refractivity contribution in [2.45, 2.75) is 39.2 Å². The number of hydrogen-bond donors (Lipinski definition) is 1. The average Bonchev–Trinajstić information content (AvgIpc) is 2.69. The topological polar surface area (TPSA) is 58.6 Å². The Hall–Kier alpha value is -2.34. The molecule has 0 spiro atoms. The highest BCUT2D eigenvalue weighted by atomic mass is 79.9. The van der Waals surface area contributed by atoms with Crippen LogP contribution in [0.5, 0.6) is 5.75 Å². The Bertz CT molecular complexity index is 843. The molecule has 148 valence electrons. The van der Waals surface area contributed by atoms with Crippen LogP contribution in [0.3, 0.4) is 0 Å². The summed E-state index contributed by atoms with van der Waals surface area (Å²) >= 11 is 3.40. The molecule has 1 fully saturated rings. The van der Waals surface area contributed by atoms with Crippen molar-refractivity contribution in [3.05, 3.63) is 58.1 Å². The zero-order valence-electron chi connectivity index (χ0n) is 16.2. The minimum atomic E-state index is -0.257. The summed E-state index contributed by atoms with van der Waals surface area (Å²) in [5.74, 6) is 0.330. The van der Waals surface area contributed by atoms with Crippen LogP contribution in [-0.4, -0.2) is 35.9 Å². The van der Waals surface area contributed by atoms with Crippen LogP contribution >= 0.6 is 15.9 Å². The Kier molecular flexibility index (Phi) is 6.73. The number of rotatable bonds is 5. The van der Waals surface area contributed by atoms with E-state index in [1.165, 1.54) is 6.42 Å². The van der Waals surface area contributed by atoms with Crippen LogP contribution in [0.25, 0.3) is 0 Å². The lowest BCUT2D eigenvalue weighted by atomic mass is 10.1. The molecule has 0 unspecified atom stereocenters. The monoisotopic (exact) mass is 444 g/mol. The van der Waals surface area contributed by atoms with E-state index < -0.39 is 0 Å². The van der Waals surface area contributed by atoms with Gasteiger partial charge in [-0.3, -0.25) is 9.59 Å². The van der Waals surface area contributed by atoms with Crippen LogP contribution < -0.4 is 10.1 Å². The van der Waals surface area contributed by atoms with Crippen LogP contribution in [0, 0.1) is 0 Å². The second kappa shape index (κ2) is 9.24. The third kappa shape index (κ3) is 5.13. The smallest absolute Gasteiger partial charge is 0.259 e. The van der Waals surface area contributed by atoms with Crippen molar-refractivity contribution in [3.63, 3.8) is 0 Å². The summed E-state index contributed by atoms with van der Waals surface area (Å²) in [6, 6.07) is 12.4. The molecule has 1 heterocycles. The highest BCUT2D eigenvalue weighted by Gasteiger charge is 2.19. The van der Waals surface area contributed by atoms with Gasteiger partial charge in [-0.25, -0.2) is 0 Å². The average molecular weight is 445 g/mol. The number of carbonyl (C=O) groups is 2. The second-order valence-electron chi connectivity index (χ2n) is 7.19. The fourth-order valence-electron chi connectivity index (χ4n) is 3.21. The van der Waals surface area contributed by atoms with Gasteiger partial charge in [0.25, 0.3) is 11.8 Å². The normalized spacial score (nSPS) is 14.1. The van der Waals surface area contributed by atoms with E-state index >= 15 is 0 Å². The number of nitrogens with zero attached hydrogens (tertiary/aromatic N) is 1. The molecule has 2 amide bonds. The van der Waals surface area contributed by atoms with Gasteiger partial charge in [0.2, 0.25) is 0 Å². The molecule has 3 rings (SSSR count). The van der Waals surface area contributed by atoms with Gasteiger partial charge in [-0.1, -0.05) is 15.9 Å². The Morgan fingerprint density at radius 2 is 1.71 bits per heavy atom. The first-order chi connectivity index (χ1) is 13.4. The number of ether oxygens (including phenoxy) is 1. The lowest BCUT2D eigenvalue weighted by Gasteiger charge is -2.26. The maximum atomic E-state index is 12.7. The Morgan fingerprint density at radius 1 is 1.04 bits per heavy atom. The van der Waals surface area contributed by atoms with Crippen LogP contribution in [0.2, 0.25) is 0 Å². The largest absolute Gasteiger partial charge is 0.490 e. The fraction of sp³-hybridized carbons (Fsp3) is 0.364. The summed E-state index contributed by atoms with van der Waals surface area (Å²) in [5.41, 5.74) is 1.73. The van der Waals surface area contributed by atoms with E-state index in [9.17, 15) is 9.59 Å². The van der Waals surface area contributed by atoms with Gasteiger partial charge in [0.05, 0.1) is 11.7 Å². The lowest BCUT2D eigenvalue weighted by molar-refractivity contribution is 0.0724. The maximum absolute atomic E-state index is 12.7. The Balaban J connectivity index is 1.71. The SMILES string of the molecule is CC(C)Oc1ccc(Br)cc1C(=O)Nc1ccc(C(=O)N2CCCCC2)cc1. The third-order valence-electron chi connectivity index (χ3n) is 4.58. The van der Waals surface area contributed by atoms with Crippen molar-refractivity contribution < 1.29 is 14.3 Å². The van der Waals surface area contributed by atoms with E-state index in [0.717, 1.165) is 30.4 Å². The van der Waals surface area contributed by atoms with Crippen molar-refractivity contribution in [2.75, 3.05) is 18.4 Å². The lowest BCUT2D eigenvalue weighted by Crippen LogP contribution is -2.35. The number of halogens is 1. The number of anilines is 1. The van der Waals surface area contributed by atoms with Gasteiger partial charge < -0.3 is 15.0 Å². The molecule has 0 radical (unpaired) electrons. The van der Waals surface area contributed by atoms with Gasteiger partial charge in [-0.15, -0.1) is 0 Å². The highest BCUT2D eigenvalue weighted by Crippen LogP contribution is 2.25. The van der Waals surface area contributed by atoms with Crippen LogP contribution in [-0.2, 0) is 0 Å². The molecular weight excluding hydrogens is 420 g/mol. The summed E-state index contributed by atoms with van der Waals surface area (Å²) < 4.78 is 6.55. The van der Waals surface area contributed by atoms with Gasteiger partial charge in [0, 0.05) is 28.8 Å². The van der Waals surface area contributed by atoms with Gasteiger partial charge in [-0.05, 0) is 75.6 Å². The van der Waals surface area contributed by atoms with Crippen molar-refractivity contribution in [1.29, 1.82) is 0 Å². The summed E-state index contributed by atoms with van der Waals surface area (Å²) in [6.07, 6.45) is 3.28. The summed E-state index contributed by atoms with van der Waals surface area (Å²) in [5, 5.41) is 2.88. The van der Waals surface area contributed by atoms with Crippen LogP contribution in [0.1, 0.15) is 53.8 Å². The number of nitrogens with one attached hydrogen (secondary N) is 1. The molecule has 0 aliphatic carbocycles. The van der Waals surface area contributed by atoms with E-state index in [4.69, 9.17) is 4.74 Å². The summed E-state index contributed by atoms with van der Waals surface area (Å²) in [6.45, 7) is 5.47. The number of piperidine rings is 1. The molecule has 1 saturated heterocycles. The van der Waals surface area contributed by atoms with Crippen molar-refractivity contribution in [2.24, 2.45) is 0 Å². The summed E-state index contributed by atoms with van der Waals surface area (Å²) in [7, 11) is 0. The molecular formula is C22H25BrN2O3. The van der Waals surface area contributed by atoms with E-state index in [1.54, 1.807) is 36.4 Å². The molecule has 1 N–H and O–H groups in total. The van der Waals surface area contributed by atoms with Crippen molar-refractivity contribution in [1.82, 2.24) is 4.90 Å². The molecule has 2 aromatic rings. The quantitative estimate of drug-likeness (QED) is 0.696. The molecule has 0 bridgehead atoms. The number of hydrogen-bond acceptors (Lipinski definition) is 3. The van der Waals surface area contributed by atoms with Crippen molar-refractivity contribution in [3.8, 4) is 5.75 Å². The first kappa shape index (κ1) is 20.4. The van der Waals surface area contributed by atoms with Crippen LogP contribution in [0.4, 0.5) is 5.69 Å². The van der Waals surface area contributed by atoms with Crippen LogP contribution in [0.15, 0.2) is 46.9 Å². The Morgan fingerprint density at radius 3 is 2.36 bits per heavy atom. The number of likely N-dealkylation sites (tertiary alicyclic amines) is 1. The first-order valence-corrected chi connectivity index (χ1v) is 10.4. The number of carbonyl (C=O) groups excluding carboxylic acids is 2. The molecule has 1 aliphatic rings. The van der Waals surface area contributed by atoms with Gasteiger partial charge in [0.15, 0.2) is 0 Å². The second-order valence-corrected chi connectivity index (χ2v) is 8.11. The van der Waals surface area contributed by atoms with E-state index in [1.807, 2.05) is 24.8 Å².